The van der Waals surface area contributed by atoms with Crippen molar-refractivity contribution in [1.82, 2.24) is 4.57 Å². The number of ether oxygens (including phenoxy) is 3. The third-order valence-corrected chi connectivity index (χ3v) is 8.73. The lowest BCUT2D eigenvalue weighted by Gasteiger charge is -2.30. The number of aryl methyl sites for hydroxylation is 1. The van der Waals surface area contributed by atoms with Crippen LogP contribution in [0.1, 0.15) is 41.0 Å². The zero-order chi connectivity index (χ0) is 26.9. The van der Waals surface area contributed by atoms with Gasteiger partial charge in [0.05, 0.1) is 30.0 Å². The second-order valence-electron chi connectivity index (χ2n) is 9.13. The lowest BCUT2D eigenvalue weighted by atomic mass is 9.85. The van der Waals surface area contributed by atoms with E-state index in [0.717, 1.165) is 34.5 Å². The Labute approximate surface area is 232 Å². The van der Waals surface area contributed by atoms with Crippen molar-refractivity contribution in [3.8, 4) is 11.5 Å². The Morgan fingerprint density at radius 3 is 2.77 bits per heavy atom. The van der Waals surface area contributed by atoms with Gasteiger partial charge in [-0.2, -0.15) is 0 Å². The molecule has 9 heteroatoms. The van der Waals surface area contributed by atoms with Gasteiger partial charge in [0.25, 0.3) is 5.56 Å². The molecule has 1 atom stereocenters. The van der Waals surface area contributed by atoms with E-state index < -0.39 is 5.97 Å². The van der Waals surface area contributed by atoms with Crippen LogP contribution in [0.25, 0.3) is 11.8 Å². The van der Waals surface area contributed by atoms with Crippen LogP contribution in [0.15, 0.2) is 75.3 Å². The molecule has 0 amide bonds. The number of hydrogen-bond acceptors (Lipinski definition) is 8. The summed E-state index contributed by atoms with van der Waals surface area (Å²) in [5, 5.41) is 2.06. The highest BCUT2D eigenvalue weighted by molar-refractivity contribution is 7.10. The number of methoxy groups -OCH3 is 1. The van der Waals surface area contributed by atoms with Crippen molar-refractivity contribution >= 4 is 40.4 Å². The van der Waals surface area contributed by atoms with Gasteiger partial charge in [0, 0.05) is 10.4 Å². The number of allylic oxidation sites excluding steroid dienone is 1. The zero-order valence-corrected chi connectivity index (χ0v) is 23.1. The fourth-order valence-electron chi connectivity index (χ4n) is 5.07. The van der Waals surface area contributed by atoms with Gasteiger partial charge in [-0.1, -0.05) is 47.7 Å². The molecule has 0 spiro atoms. The number of carbonyl (C=O) groups is 1. The molecule has 0 saturated heterocycles. The molecule has 0 fully saturated rings. The van der Waals surface area contributed by atoms with E-state index in [2.05, 4.69) is 34.4 Å². The minimum absolute atomic E-state index is 0.0634. The van der Waals surface area contributed by atoms with E-state index in [1.165, 1.54) is 29.6 Å². The SMILES string of the molecule is CCOc1cc(/C=c2/sc3n(c2=O)C(c2cccs2)C2=C(N=3)c3ccccc3CC2)ccc1OCC(=O)OC. The summed E-state index contributed by atoms with van der Waals surface area (Å²) in [5.74, 6) is 0.449. The maximum Gasteiger partial charge on any atom is 0.343 e. The van der Waals surface area contributed by atoms with E-state index in [0.29, 0.717) is 27.4 Å². The van der Waals surface area contributed by atoms with Gasteiger partial charge in [-0.25, -0.2) is 9.79 Å². The summed E-state index contributed by atoms with van der Waals surface area (Å²) in [5.41, 5.74) is 5.36. The summed E-state index contributed by atoms with van der Waals surface area (Å²) in [6.45, 7) is 2.08. The molecular formula is C30H26N2O5S2. The standard InChI is InChI=1S/C30H26N2O5S2/c1-3-36-23-15-18(10-13-22(23)37-17-26(33)35-2)16-25-29(34)32-28(24-9-6-14-38-24)21-12-11-19-7-4-5-8-20(19)27(21)31-30(32)39-25/h4-10,13-16,28H,3,11-12,17H2,1-2H3/b25-16+. The molecule has 1 aliphatic carbocycles. The Bertz CT molecular complexity index is 1770. The number of fused-ring (bicyclic) bond motifs is 3. The van der Waals surface area contributed by atoms with Crippen LogP contribution in [0.5, 0.6) is 11.5 Å². The first-order chi connectivity index (χ1) is 19.1. The average molecular weight is 559 g/mol. The second kappa shape index (κ2) is 10.7. The van der Waals surface area contributed by atoms with Crippen molar-refractivity contribution in [1.29, 1.82) is 0 Å². The van der Waals surface area contributed by atoms with E-state index in [9.17, 15) is 9.59 Å². The number of thiazole rings is 1. The molecular weight excluding hydrogens is 532 g/mol. The Kier molecular flexibility index (Phi) is 6.93. The predicted molar refractivity (Wildman–Crippen MR) is 152 cm³/mol. The number of nitrogens with zero attached hydrogens (tertiary/aromatic N) is 2. The molecule has 7 nitrogen and oxygen atoms in total. The molecule has 0 bridgehead atoms. The first-order valence-corrected chi connectivity index (χ1v) is 14.4. The minimum atomic E-state index is -0.478. The van der Waals surface area contributed by atoms with E-state index >= 15 is 0 Å². The monoisotopic (exact) mass is 558 g/mol. The van der Waals surface area contributed by atoms with Gasteiger partial charge in [0.15, 0.2) is 22.9 Å². The quantitative estimate of drug-likeness (QED) is 0.316. The second-order valence-corrected chi connectivity index (χ2v) is 11.1. The summed E-state index contributed by atoms with van der Waals surface area (Å²) < 4.78 is 18.4. The average Bonchev–Trinajstić information content (AvgIpc) is 3.60. The van der Waals surface area contributed by atoms with E-state index in [1.54, 1.807) is 17.4 Å². The van der Waals surface area contributed by atoms with Crippen LogP contribution in [-0.2, 0) is 16.0 Å². The third kappa shape index (κ3) is 4.72. The normalized spacial score (nSPS) is 16.2. The molecule has 1 aliphatic heterocycles. The molecule has 0 N–H and O–H groups in total. The van der Waals surface area contributed by atoms with Crippen molar-refractivity contribution in [3.05, 3.63) is 107 Å². The van der Waals surface area contributed by atoms with Crippen molar-refractivity contribution in [2.75, 3.05) is 20.3 Å². The van der Waals surface area contributed by atoms with Gasteiger partial charge >= 0.3 is 5.97 Å². The molecule has 0 radical (unpaired) electrons. The van der Waals surface area contributed by atoms with Crippen LogP contribution < -0.4 is 24.4 Å². The van der Waals surface area contributed by atoms with Crippen molar-refractivity contribution in [2.45, 2.75) is 25.8 Å². The van der Waals surface area contributed by atoms with Gasteiger partial charge in [-0.05, 0) is 66.1 Å². The minimum Gasteiger partial charge on any atom is -0.490 e. The van der Waals surface area contributed by atoms with Crippen LogP contribution in [0.4, 0.5) is 0 Å². The maximum absolute atomic E-state index is 13.9. The Morgan fingerprint density at radius 2 is 1.97 bits per heavy atom. The van der Waals surface area contributed by atoms with Crippen molar-refractivity contribution < 1.29 is 19.0 Å². The lowest BCUT2D eigenvalue weighted by molar-refractivity contribution is -0.142. The predicted octanol–water partition coefficient (Wildman–Crippen LogP) is 4.33. The topological polar surface area (TPSA) is 79.1 Å². The molecule has 2 aromatic heterocycles. The summed E-state index contributed by atoms with van der Waals surface area (Å²) >= 11 is 3.06. The van der Waals surface area contributed by atoms with Crippen LogP contribution in [0.2, 0.25) is 0 Å². The molecule has 6 rings (SSSR count). The van der Waals surface area contributed by atoms with Crippen LogP contribution in [0, 0.1) is 0 Å². The maximum atomic E-state index is 13.9. The van der Waals surface area contributed by atoms with Gasteiger partial charge in [-0.15, -0.1) is 11.3 Å². The van der Waals surface area contributed by atoms with Crippen LogP contribution in [-0.4, -0.2) is 30.9 Å². The van der Waals surface area contributed by atoms with Gasteiger partial charge in [0.1, 0.15) is 0 Å². The smallest absolute Gasteiger partial charge is 0.343 e. The molecule has 4 aromatic rings. The zero-order valence-electron chi connectivity index (χ0n) is 21.5. The van der Waals surface area contributed by atoms with Crippen LogP contribution in [0.3, 0.4) is 0 Å². The number of carbonyl (C=O) groups excluding carboxylic acids is 1. The number of hydrogen-bond donors (Lipinski definition) is 0. The first-order valence-electron chi connectivity index (χ1n) is 12.7. The van der Waals surface area contributed by atoms with E-state index in [1.807, 2.05) is 41.8 Å². The van der Waals surface area contributed by atoms with Crippen molar-refractivity contribution in [3.63, 3.8) is 0 Å². The highest BCUT2D eigenvalue weighted by Gasteiger charge is 2.33. The van der Waals surface area contributed by atoms with Gasteiger partial charge in [-0.3, -0.25) is 9.36 Å². The summed E-state index contributed by atoms with van der Waals surface area (Å²) in [4.78, 5) is 32.3. The molecule has 3 heterocycles. The van der Waals surface area contributed by atoms with Crippen LogP contribution >= 0.6 is 22.7 Å². The fourth-order valence-corrected chi connectivity index (χ4v) is 6.92. The Hall–Kier alpha value is -3.95. The number of benzene rings is 2. The number of thiophene rings is 1. The largest absolute Gasteiger partial charge is 0.490 e. The molecule has 198 valence electrons. The molecule has 1 unspecified atom stereocenters. The molecule has 0 saturated carbocycles. The van der Waals surface area contributed by atoms with Crippen molar-refractivity contribution in [2.24, 2.45) is 4.99 Å². The summed E-state index contributed by atoms with van der Waals surface area (Å²) in [6, 6.07) is 17.8. The number of esters is 1. The fraction of sp³-hybridized carbons (Fsp3) is 0.233. The summed E-state index contributed by atoms with van der Waals surface area (Å²) in [6.07, 6.45) is 3.66. The Morgan fingerprint density at radius 1 is 1.10 bits per heavy atom. The summed E-state index contributed by atoms with van der Waals surface area (Å²) in [7, 11) is 1.31. The lowest BCUT2D eigenvalue weighted by Crippen LogP contribution is -2.38. The van der Waals surface area contributed by atoms with Gasteiger partial charge in [0.2, 0.25) is 0 Å². The third-order valence-electron chi connectivity index (χ3n) is 6.82. The highest BCUT2D eigenvalue weighted by atomic mass is 32.1. The number of aromatic nitrogens is 1. The first kappa shape index (κ1) is 25.3. The molecule has 2 aromatic carbocycles. The van der Waals surface area contributed by atoms with E-state index in [-0.39, 0.29) is 18.2 Å². The molecule has 2 aliphatic rings. The van der Waals surface area contributed by atoms with E-state index in [4.69, 9.17) is 14.5 Å². The van der Waals surface area contributed by atoms with Gasteiger partial charge < -0.3 is 14.2 Å². The highest BCUT2D eigenvalue weighted by Crippen LogP contribution is 2.42. The Balaban J connectivity index is 1.46. The number of rotatable bonds is 7. The molecule has 39 heavy (non-hydrogen) atoms.